The number of thioether (sulfide) groups is 1. The summed E-state index contributed by atoms with van der Waals surface area (Å²) >= 11 is 4.62. The molecule has 0 bridgehead atoms. The van der Waals surface area contributed by atoms with Crippen molar-refractivity contribution in [2.24, 2.45) is 0 Å². The van der Waals surface area contributed by atoms with Gasteiger partial charge in [-0.3, -0.25) is 9.55 Å². The molecule has 0 unspecified atom stereocenters. The van der Waals surface area contributed by atoms with Crippen molar-refractivity contribution < 1.29 is 23.1 Å². The summed E-state index contributed by atoms with van der Waals surface area (Å²) in [5, 5.41) is 0. The molecule has 0 spiro atoms. The van der Waals surface area contributed by atoms with Crippen LogP contribution in [0.25, 0.3) is 11.1 Å². The fourth-order valence-corrected chi connectivity index (χ4v) is 4.95. The van der Waals surface area contributed by atoms with Gasteiger partial charge in [0.15, 0.2) is 0 Å². The fourth-order valence-electron chi connectivity index (χ4n) is 2.66. The minimum atomic E-state index is -5.59. The first kappa shape index (κ1) is 29.5. The van der Waals surface area contributed by atoms with Gasteiger partial charge in [0.25, 0.3) is 0 Å². The Bertz CT molecular complexity index is 1040. The van der Waals surface area contributed by atoms with E-state index in [4.69, 9.17) is 9.79 Å². The predicted molar refractivity (Wildman–Crippen MR) is 129 cm³/mol. The molecule has 156 valence electrons. The van der Waals surface area contributed by atoms with Crippen LogP contribution >= 0.6 is 35.3 Å². The van der Waals surface area contributed by atoms with Crippen LogP contribution in [0.15, 0.2) is 71.5 Å². The van der Waals surface area contributed by atoms with E-state index in [0.717, 1.165) is 34.1 Å². The second-order valence-electron chi connectivity index (χ2n) is 6.33. The van der Waals surface area contributed by atoms with Gasteiger partial charge >= 0.3 is 72.4 Å². The second-order valence-corrected chi connectivity index (χ2v) is 9.82. The van der Waals surface area contributed by atoms with Crippen LogP contribution < -0.4 is 0 Å². The summed E-state index contributed by atoms with van der Waals surface area (Å²) in [7, 11) is -5.59. The third-order valence-electron chi connectivity index (χ3n) is 4.21. The van der Waals surface area contributed by atoms with Crippen molar-refractivity contribution in [3.05, 3.63) is 88.2 Å². The van der Waals surface area contributed by atoms with E-state index in [0.29, 0.717) is 5.75 Å². The molecule has 2 aromatic carbocycles. The molecule has 31 heavy (non-hydrogen) atoms. The molecule has 0 radical (unpaired) electrons. The van der Waals surface area contributed by atoms with Gasteiger partial charge in [-0.1, -0.05) is 58.4 Å². The summed E-state index contributed by atoms with van der Waals surface area (Å²) < 4.78 is 38.8. The number of hydrogen-bond acceptors (Lipinski definition) is 3. The zero-order chi connectivity index (χ0) is 21.1. The molecule has 0 fully saturated rings. The van der Waals surface area contributed by atoms with E-state index in [1.54, 1.807) is 24.2 Å². The number of halogens is 3. The second kappa shape index (κ2) is 12.8. The van der Waals surface area contributed by atoms with Gasteiger partial charge < -0.3 is 9.79 Å². The Hall–Kier alpha value is 0.430. The molecule has 0 atom stereocenters. The maximum atomic E-state index is 13.9. The normalized spacial score (nSPS) is 11.4. The third-order valence-corrected chi connectivity index (χ3v) is 6.91. The molecular weight excluding hydrogens is 529 g/mol. The van der Waals surface area contributed by atoms with E-state index < -0.39 is 18.8 Å². The van der Waals surface area contributed by atoms with Crippen LogP contribution in [0.1, 0.15) is 16.7 Å². The molecule has 0 amide bonds. The summed E-state index contributed by atoms with van der Waals surface area (Å²) in [5.74, 6) is 1.32. The van der Waals surface area contributed by atoms with Crippen LogP contribution in [0.2, 0.25) is 0 Å². The first-order valence-electron chi connectivity index (χ1n) is 8.48. The topological polar surface area (TPSA) is 70.4 Å². The SMILES string of the molecule is O=P(O)(O)C(F)(F)c1ccc(CSCc2ccc(-c3cccnc3)cc2)cc1Br.[NaH].[NaH]. The molecule has 1 heterocycles. The van der Waals surface area contributed by atoms with Crippen molar-refractivity contribution in [1.29, 1.82) is 0 Å². The molecular formula is C20H19BrF2NNa2O3PS. The van der Waals surface area contributed by atoms with Crippen LogP contribution in [0, 0.1) is 0 Å². The Morgan fingerprint density at radius 2 is 1.58 bits per heavy atom. The summed E-state index contributed by atoms with van der Waals surface area (Å²) in [6, 6.07) is 16.0. The molecule has 1 aromatic heterocycles. The summed E-state index contributed by atoms with van der Waals surface area (Å²) in [6.07, 6.45) is 3.54. The van der Waals surface area contributed by atoms with E-state index >= 15 is 0 Å². The Labute approximate surface area is 236 Å². The van der Waals surface area contributed by atoms with Gasteiger partial charge in [-0.2, -0.15) is 20.5 Å². The van der Waals surface area contributed by atoms with Gasteiger partial charge in [0.05, 0.1) is 0 Å². The number of alkyl halides is 2. The maximum absolute atomic E-state index is 13.9. The molecule has 0 aliphatic heterocycles. The number of hydrogen-bond donors (Lipinski definition) is 2. The number of nitrogens with zero attached hydrogens (tertiary/aromatic N) is 1. The van der Waals surface area contributed by atoms with Gasteiger partial charge in [0.2, 0.25) is 0 Å². The average molecular weight is 548 g/mol. The van der Waals surface area contributed by atoms with Crippen molar-refractivity contribution in [2.45, 2.75) is 17.2 Å². The molecule has 3 aromatic rings. The van der Waals surface area contributed by atoms with Crippen molar-refractivity contribution in [3.8, 4) is 11.1 Å². The fraction of sp³-hybridized carbons (Fsp3) is 0.150. The van der Waals surface area contributed by atoms with Gasteiger partial charge in [-0.15, -0.1) is 0 Å². The Balaban J connectivity index is 0.00000240. The molecule has 0 aliphatic rings. The van der Waals surface area contributed by atoms with Crippen LogP contribution in [-0.4, -0.2) is 73.9 Å². The van der Waals surface area contributed by atoms with Gasteiger partial charge in [-0.25, -0.2) is 0 Å². The number of benzene rings is 2. The molecule has 0 saturated carbocycles. The first-order chi connectivity index (χ1) is 13.7. The van der Waals surface area contributed by atoms with Crippen LogP contribution in [0.4, 0.5) is 8.78 Å². The molecule has 3 rings (SSSR count). The molecule has 0 aliphatic carbocycles. The van der Waals surface area contributed by atoms with Crippen molar-refractivity contribution in [2.75, 3.05) is 0 Å². The van der Waals surface area contributed by atoms with Crippen molar-refractivity contribution in [3.63, 3.8) is 0 Å². The molecule has 2 N–H and O–H groups in total. The average Bonchev–Trinajstić information content (AvgIpc) is 2.68. The zero-order valence-electron chi connectivity index (χ0n) is 15.0. The van der Waals surface area contributed by atoms with E-state index in [1.807, 2.05) is 36.4 Å². The number of rotatable bonds is 7. The quantitative estimate of drug-likeness (QED) is 0.326. The van der Waals surface area contributed by atoms with Gasteiger partial charge in [-0.05, 0) is 34.4 Å². The Kier molecular flexibility index (Phi) is 12.1. The van der Waals surface area contributed by atoms with Crippen molar-refractivity contribution >= 4 is 94.4 Å². The van der Waals surface area contributed by atoms with E-state index in [-0.39, 0.29) is 63.6 Å². The summed E-state index contributed by atoms with van der Waals surface area (Å²) in [6.45, 7) is 0. The minimum absolute atomic E-state index is 0. The van der Waals surface area contributed by atoms with Gasteiger partial charge in [0, 0.05) is 33.9 Å². The van der Waals surface area contributed by atoms with Gasteiger partial charge in [0.1, 0.15) is 0 Å². The predicted octanol–water partition coefficient (Wildman–Crippen LogP) is 4.87. The molecule has 4 nitrogen and oxygen atoms in total. The van der Waals surface area contributed by atoms with E-state index in [1.165, 1.54) is 12.1 Å². The monoisotopic (exact) mass is 547 g/mol. The first-order valence-corrected chi connectivity index (χ1v) is 12.0. The third kappa shape index (κ3) is 7.72. The number of pyridine rings is 1. The van der Waals surface area contributed by atoms with Crippen molar-refractivity contribution in [1.82, 2.24) is 4.98 Å². The summed E-state index contributed by atoms with van der Waals surface area (Å²) in [4.78, 5) is 21.9. The van der Waals surface area contributed by atoms with E-state index in [9.17, 15) is 13.3 Å². The number of aromatic nitrogens is 1. The molecule has 11 heteroatoms. The van der Waals surface area contributed by atoms with Crippen LogP contribution in [0.5, 0.6) is 0 Å². The van der Waals surface area contributed by atoms with Crippen LogP contribution in [-0.2, 0) is 21.7 Å². The summed E-state index contributed by atoms with van der Waals surface area (Å²) in [5.41, 5.74) is -0.912. The zero-order valence-corrected chi connectivity index (χ0v) is 18.3. The Morgan fingerprint density at radius 3 is 2.13 bits per heavy atom. The molecule has 0 saturated heterocycles. The Morgan fingerprint density at radius 1 is 0.968 bits per heavy atom. The van der Waals surface area contributed by atoms with E-state index in [2.05, 4.69) is 20.9 Å². The standard InChI is InChI=1S/C20H17BrF2NO3PS.2Na.2H/c21-19-10-15(5-8-18(19)20(22,23)28(25,26)27)13-29-12-14-3-6-16(7-4-14)17-2-1-9-24-11-17;;;;/h1-11H,12-13H2,(H2,25,26,27);;;;. The van der Waals surface area contributed by atoms with Crippen LogP contribution in [0.3, 0.4) is 0 Å².